The van der Waals surface area contributed by atoms with Crippen molar-refractivity contribution in [1.29, 1.82) is 0 Å². The molecule has 0 aliphatic carbocycles. The van der Waals surface area contributed by atoms with E-state index >= 15 is 0 Å². The van der Waals surface area contributed by atoms with Crippen molar-refractivity contribution in [3.8, 4) is 11.5 Å². The summed E-state index contributed by atoms with van der Waals surface area (Å²) < 4.78 is 37.7. The molecule has 1 fully saturated rings. The Morgan fingerprint density at radius 1 is 1.14 bits per heavy atom. The van der Waals surface area contributed by atoms with E-state index in [4.69, 9.17) is 8.94 Å². The van der Waals surface area contributed by atoms with Gasteiger partial charge in [-0.25, -0.2) is 8.42 Å². The quantitative estimate of drug-likeness (QED) is 0.682. The maximum absolute atomic E-state index is 12.9. The second-order valence-electron chi connectivity index (χ2n) is 6.93. The second kappa shape index (κ2) is 7.16. The molecular weight excluding hydrogens is 398 g/mol. The second-order valence-corrected chi connectivity index (χ2v) is 8.80. The SMILES string of the molecule is Cc1ccc(-c2cc(C(=O)N3CCN(S(=O)(=O)c4c(C)noc4C)CC3)n[nH]2)o1. The Bertz CT molecular complexity index is 1130. The number of nitrogens with zero attached hydrogens (tertiary/aromatic N) is 4. The summed E-state index contributed by atoms with van der Waals surface area (Å²) in [5.74, 6) is 1.37. The van der Waals surface area contributed by atoms with Crippen LogP contribution in [0.3, 0.4) is 0 Å². The first kappa shape index (κ1) is 19.4. The molecule has 3 aromatic rings. The number of furan rings is 1. The zero-order chi connectivity index (χ0) is 20.8. The summed E-state index contributed by atoms with van der Waals surface area (Å²) in [6, 6.07) is 5.26. The van der Waals surface area contributed by atoms with Crippen molar-refractivity contribution in [2.45, 2.75) is 25.7 Å². The molecule has 3 aromatic heterocycles. The molecule has 0 radical (unpaired) electrons. The normalized spacial score (nSPS) is 15.8. The zero-order valence-electron chi connectivity index (χ0n) is 16.3. The molecule has 29 heavy (non-hydrogen) atoms. The van der Waals surface area contributed by atoms with E-state index in [-0.39, 0.29) is 48.4 Å². The summed E-state index contributed by atoms with van der Waals surface area (Å²) in [6.07, 6.45) is 0. The van der Waals surface area contributed by atoms with Crippen molar-refractivity contribution >= 4 is 15.9 Å². The lowest BCUT2D eigenvalue weighted by Crippen LogP contribution is -2.50. The molecule has 0 spiro atoms. The molecule has 0 atom stereocenters. The molecule has 0 saturated carbocycles. The van der Waals surface area contributed by atoms with Crippen molar-refractivity contribution in [1.82, 2.24) is 24.6 Å². The molecule has 11 heteroatoms. The van der Waals surface area contributed by atoms with Crippen LogP contribution in [0.2, 0.25) is 0 Å². The maximum Gasteiger partial charge on any atom is 0.274 e. The van der Waals surface area contributed by atoms with Crippen molar-refractivity contribution in [3.63, 3.8) is 0 Å². The number of carbonyl (C=O) groups is 1. The number of piperazine rings is 1. The minimum atomic E-state index is -3.72. The lowest BCUT2D eigenvalue weighted by Gasteiger charge is -2.33. The first-order chi connectivity index (χ1) is 13.8. The molecular formula is C18H21N5O5S. The predicted octanol–water partition coefficient (Wildman–Crippen LogP) is 1.73. The minimum absolute atomic E-state index is 0.1000. The average molecular weight is 419 g/mol. The third kappa shape index (κ3) is 3.47. The number of carbonyl (C=O) groups excluding carboxylic acids is 1. The number of rotatable bonds is 4. The van der Waals surface area contributed by atoms with Crippen LogP contribution in [-0.4, -0.2) is 65.1 Å². The highest BCUT2D eigenvalue weighted by atomic mass is 32.2. The van der Waals surface area contributed by atoms with Crippen molar-refractivity contribution < 1.29 is 22.2 Å². The van der Waals surface area contributed by atoms with Crippen molar-refractivity contribution in [2.75, 3.05) is 26.2 Å². The number of sulfonamides is 1. The van der Waals surface area contributed by atoms with Gasteiger partial charge < -0.3 is 13.8 Å². The molecule has 0 bridgehead atoms. The van der Waals surface area contributed by atoms with Gasteiger partial charge in [0.1, 0.15) is 22.0 Å². The summed E-state index contributed by atoms with van der Waals surface area (Å²) in [5.41, 5.74) is 1.20. The fourth-order valence-electron chi connectivity index (χ4n) is 3.40. The van der Waals surface area contributed by atoms with Crippen LogP contribution in [0.4, 0.5) is 0 Å². The Balaban J connectivity index is 1.45. The van der Waals surface area contributed by atoms with E-state index < -0.39 is 10.0 Å². The molecule has 1 saturated heterocycles. The van der Waals surface area contributed by atoms with Gasteiger partial charge in [-0.05, 0) is 32.9 Å². The molecule has 4 heterocycles. The standard InChI is InChI=1S/C18H21N5O5S/c1-11-4-5-16(27-11)14-10-15(20-19-14)18(24)22-6-8-23(9-7-22)29(25,26)17-12(2)21-28-13(17)3/h4-5,10H,6-9H2,1-3H3,(H,19,20). The summed E-state index contributed by atoms with van der Waals surface area (Å²) in [4.78, 5) is 14.5. The number of aryl methyl sites for hydroxylation is 3. The number of hydrogen-bond donors (Lipinski definition) is 1. The largest absolute Gasteiger partial charge is 0.460 e. The molecule has 1 aliphatic rings. The fourth-order valence-corrected chi connectivity index (χ4v) is 5.12. The third-order valence-electron chi connectivity index (χ3n) is 4.89. The molecule has 4 rings (SSSR count). The first-order valence-corrected chi connectivity index (χ1v) is 10.6. The fraction of sp³-hybridized carbons (Fsp3) is 0.389. The van der Waals surface area contributed by atoms with Gasteiger partial charge in [0.15, 0.2) is 17.2 Å². The van der Waals surface area contributed by atoms with Gasteiger partial charge in [0.05, 0.1) is 0 Å². The van der Waals surface area contributed by atoms with Crippen LogP contribution in [-0.2, 0) is 10.0 Å². The van der Waals surface area contributed by atoms with Gasteiger partial charge in [0.25, 0.3) is 5.91 Å². The molecule has 1 N–H and O–H groups in total. The maximum atomic E-state index is 12.9. The van der Waals surface area contributed by atoms with Crippen LogP contribution in [0.25, 0.3) is 11.5 Å². The van der Waals surface area contributed by atoms with E-state index in [1.807, 2.05) is 13.0 Å². The Labute approximate surface area is 167 Å². The molecule has 10 nitrogen and oxygen atoms in total. The van der Waals surface area contributed by atoms with Crippen LogP contribution in [0.5, 0.6) is 0 Å². The lowest BCUT2D eigenvalue weighted by molar-refractivity contribution is 0.0692. The van der Waals surface area contributed by atoms with Crippen molar-refractivity contribution in [3.05, 3.63) is 41.1 Å². The minimum Gasteiger partial charge on any atom is -0.460 e. The molecule has 1 amide bonds. The summed E-state index contributed by atoms with van der Waals surface area (Å²) in [5, 5.41) is 10.6. The number of hydrogen-bond acceptors (Lipinski definition) is 7. The third-order valence-corrected chi connectivity index (χ3v) is 7.04. The van der Waals surface area contributed by atoms with E-state index in [2.05, 4.69) is 15.4 Å². The highest BCUT2D eigenvalue weighted by Gasteiger charge is 2.34. The van der Waals surface area contributed by atoms with Crippen LogP contribution < -0.4 is 0 Å². The Morgan fingerprint density at radius 2 is 1.86 bits per heavy atom. The number of amides is 1. The molecule has 154 valence electrons. The lowest BCUT2D eigenvalue weighted by atomic mass is 10.2. The Morgan fingerprint density at radius 3 is 2.45 bits per heavy atom. The van der Waals surface area contributed by atoms with Crippen LogP contribution in [0.15, 0.2) is 32.0 Å². The van der Waals surface area contributed by atoms with Gasteiger partial charge >= 0.3 is 0 Å². The van der Waals surface area contributed by atoms with Gasteiger partial charge in [-0.15, -0.1) is 0 Å². The van der Waals surface area contributed by atoms with Crippen molar-refractivity contribution in [2.24, 2.45) is 0 Å². The van der Waals surface area contributed by atoms with Gasteiger partial charge in [0, 0.05) is 32.2 Å². The number of aromatic nitrogens is 3. The van der Waals surface area contributed by atoms with Crippen LogP contribution in [0, 0.1) is 20.8 Å². The van der Waals surface area contributed by atoms with E-state index in [9.17, 15) is 13.2 Å². The van der Waals surface area contributed by atoms with E-state index in [0.29, 0.717) is 17.1 Å². The monoisotopic (exact) mass is 419 g/mol. The van der Waals surface area contributed by atoms with Gasteiger partial charge in [-0.2, -0.15) is 9.40 Å². The highest BCUT2D eigenvalue weighted by Crippen LogP contribution is 2.25. The average Bonchev–Trinajstić information content (AvgIpc) is 3.41. The topological polar surface area (TPSA) is 126 Å². The Hall–Kier alpha value is -2.92. The van der Waals surface area contributed by atoms with Crippen LogP contribution in [0.1, 0.15) is 27.7 Å². The highest BCUT2D eigenvalue weighted by molar-refractivity contribution is 7.89. The van der Waals surface area contributed by atoms with Gasteiger partial charge in [0.2, 0.25) is 10.0 Å². The summed E-state index contributed by atoms with van der Waals surface area (Å²) in [6.45, 7) is 5.91. The van der Waals surface area contributed by atoms with Gasteiger partial charge in [-0.1, -0.05) is 5.16 Å². The smallest absolute Gasteiger partial charge is 0.274 e. The Kier molecular flexibility index (Phi) is 4.79. The van der Waals surface area contributed by atoms with E-state index in [1.54, 1.807) is 30.9 Å². The molecule has 1 aliphatic heterocycles. The summed E-state index contributed by atoms with van der Waals surface area (Å²) in [7, 11) is -3.72. The molecule has 0 aromatic carbocycles. The van der Waals surface area contributed by atoms with E-state index in [1.165, 1.54) is 4.31 Å². The van der Waals surface area contributed by atoms with Crippen LogP contribution >= 0.6 is 0 Å². The number of nitrogens with one attached hydrogen (secondary N) is 1. The van der Waals surface area contributed by atoms with Gasteiger partial charge in [-0.3, -0.25) is 9.89 Å². The predicted molar refractivity (Wildman–Crippen MR) is 102 cm³/mol. The zero-order valence-corrected chi connectivity index (χ0v) is 17.1. The molecule has 0 unspecified atom stereocenters. The summed E-state index contributed by atoms with van der Waals surface area (Å²) >= 11 is 0. The number of H-pyrrole nitrogens is 1. The van der Waals surface area contributed by atoms with E-state index in [0.717, 1.165) is 5.76 Å². The number of aromatic amines is 1. The first-order valence-electron chi connectivity index (χ1n) is 9.12.